The van der Waals surface area contributed by atoms with E-state index in [1.54, 1.807) is 0 Å². The molecule has 0 bridgehead atoms. The molecule has 2 unspecified atom stereocenters. The Balaban J connectivity index is 3.08. The van der Waals surface area contributed by atoms with Gasteiger partial charge >= 0.3 is 6.18 Å². The molecule has 102 valence electrons. The van der Waals surface area contributed by atoms with Crippen molar-refractivity contribution in [2.24, 2.45) is 5.73 Å². The molecule has 0 radical (unpaired) electrons. The van der Waals surface area contributed by atoms with Crippen molar-refractivity contribution in [2.75, 3.05) is 6.54 Å². The highest BCUT2D eigenvalue weighted by molar-refractivity contribution is 6.31. The lowest BCUT2D eigenvalue weighted by molar-refractivity contribution is -0.137. The molecule has 0 aliphatic rings. The molecule has 2 atom stereocenters. The Labute approximate surface area is 107 Å². The molecule has 0 aliphatic carbocycles. The maximum absolute atomic E-state index is 12.5. The number of benzene rings is 1. The molecule has 1 aromatic carbocycles. The van der Waals surface area contributed by atoms with Crippen molar-refractivity contribution in [3.8, 4) is 0 Å². The molecule has 0 spiro atoms. The van der Waals surface area contributed by atoms with Gasteiger partial charge in [0.2, 0.25) is 0 Å². The Morgan fingerprint density at radius 2 is 1.89 bits per heavy atom. The van der Waals surface area contributed by atoms with Crippen LogP contribution in [0.25, 0.3) is 0 Å². The Morgan fingerprint density at radius 1 is 1.28 bits per heavy atom. The number of hydrogen-bond donors (Lipinski definition) is 3. The van der Waals surface area contributed by atoms with E-state index in [2.05, 4.69) is 0 Å². The minimum Gasteiger partial charge on any atom is -0.390 e. The number of nitrogens with two attached hydrogens (primary N) is 1. The van der Waals surface area contributed by atoms with Crippen LogP contribution < -0.4 is 5.73 Å². The largest absolute Gasteiger partial charge is 0.416 e. The SMILES string of the molecule is NCCC(O)C(O)c1cc(C(F)(F)F)ccc1Cl. The third-order valence-electron chi connectivity index (χ3n) is 2.47. The molecule has 0 heterocycles. The number of aliphatic hydroxyl groups is 2. The van der Waals surface area contributed by atoms with Gasteiger partial charge in [-0.3, -0.25) is 0 Å². The maximum Gasteiger partial charge on any atom is 0.416 e. The van der Waals surface area contributed by atoms with Crippen molar-refractivity contribution >= 4 is 11.6 Å². The molecule has 0 saturated heterocycles. The number of aliphatic hydroxyl groups excluding tert-OH is 2. The predicted molar refractivity (Wildman–Crippen MR) is 61.1 cm³/mol. The molecule has 0 amide bonds. The first-order valence-corrected chi connectivity index (χ1v) is 5.58. The molecule has 7 heteroatoms. The van der Waals surface area contributed by atoms with Crippen molar-refractivity contribution in [1.82, 2.24) is 0 Å². The number of rotatable bonds is 4. The summed E-state index contributed by atoms with van der Waals surface area (Å²) in [6, 6.07) is 2.58. The second kappa shape index (κ2) is 5.88. The van der Waals surface area contributed by atoms with E-state index < -0.39 is 23.9 Å². The summed E-state index contributed by atoms with van der Waals surface area (Å²) in [6.07, 6.45) is -7.22. The topological polar surface area (TPSA) is 66.5 Å². The smallest absolute Gasteiger partial charge is 0.390 e. The Morgan fingerprint density at radius 3 is 2.39 bits per heavy atom. The highest BCUT2D eigenvalue weighted by Gasteiger charge is 2.32. The summed E-state index contributed by atoms with van der Waals surface area (Å²) in [6.45, 7) is 0.106. The molecule has 3 nitrogen and oxygen atoms in total. The van der Waals surface area contributed by atoms with Crippen LogP contribution in [0.1, 0.15) is 23.7 Å². The average molecular weight is 284 g/mol. The fourth-order valence-corrected chi connectivity index (χ4v) is 1.71. The van der Waals surface area contributed by atoms with Crippen LogP contribution in [0.3, 0.4) is 0 Å². The van der Waals surface area contributed by atoms with Crippen molar-refractivity contribution in [3.63, 3.8) is 0 Å². The van der Waals surface area contributed by atoms with Gasteiger partial charge in [-0.1, -0.05) is 11.6 Å². The summed E-state index contributed by atoms with van der Waals surface area (Å²) < 4.78 is 37.5. The van der Waals surface area contributed by atoms with Gasteiger partial charge in [-0.2, -0.15) is 13.2 Å². The molecular formula is C11H13ClF3NO2. The lowest BCUT2D eigenvalue weighted by Crippen LogP contribution is -2.22. The second-order valence-electron chi connectivity index (χ2n) is 3.82. The molecule has 18 heavy (non-hydrogen) atoms. The Kier molecular flexibility index (Phi) is 4.98. The van der Waals surface area contributed by atoms with E-state index in [-0.39, 0.29) is 23.6 Å². The lowest BCUT2D eigenvalue weighted by Gasteiger charge is -2.19. The monoisotopic (exact) mass is 283 g/mol. The lowest BCUT2D eigenvalue weighted by atomic mass is 10.00. The molecule has 4 N–H and O–H groups in total. The van der Waals surface area contributed by atoms with E-state index in [9.17, 15) is 23.4 Å². The van der Waals surface area contributed by atoms with Gasteiger partial charge in [0.05, 0.1) is 11.7 Å². The van der Waals surface area contributed by atoms with Crippen LogP contribution in [0.2, 0.25) is 5.02 Å². The fourth-order valence-electron chi connectivity index (χ4n) is 1.48. The summed E-state index contributed by atoms with van der Waals surface area (Å²) >= 11 is 5.72. The summed E-state index contributed by atoms with van der Waals surface area (Å²) in [7, 11) is 0. The number of alkyl halides is 3. The highest BCUT2D eigenvalue weighted by Crippen LogP contribution is 2.34. The maximum atomic E-state index is 12.5. The van der Waals surface area contributed by atoms with Crippen molar-refractivity contribution in [1.29, 1.82) is 0 Å². The van der Waals surface area contributed by atoms with Gasteiger partial charge in [0.1, 0.15) is 6.10 Å². The molecule has 0 aromatic heterocycles. The van der Waals surface area contributed by atoms with Crippen LogP contribution in [0.5, 0.6) is 0 Å². The normalized spacial score (nSPS) is 15.5. The average Bonchev–Trinajstić information content (AvgIpc) is 2.27. The van der Waals surface area contributed by atoms with Crippen molar-refractivity contribution in [3.05, 3.63) is 34.3 Å². The predicted octanol–water partition coefficient (Wildman–Crippen LogP) is 2.10. The second-order valence-corrected chi connectivity index (χ2v) is 4.23. The zero-order chi connectivity index (χ0) is 13.9. The first-order valence-electron chi connectivity index (χ1n) is 5.20. The quantitative estimate of drug-likeness (QED) is 0.793. The van der Waals surface area contributed by atoms with Gasteiger partial charge in [-0.25, -0.2) is 0 Å². The minimum atomic E-state index is -4.53. The zero-order valence-electron chi connectivity index (χ0n) is 9.28. The van der Waals surface area contributed by atoms with Crippen molar-refractivity contribution < 1.29 is 23.4 Å². The van der Waals surface area contributed by atoms with Crippen molar-refractivity contribution in [2.45, 2.75) is 24.8 Å². The summed E-state index contributed by atoms with van der Waals surface area (Å²) in [4.78, 5) is 0. The zero-order valence-corrected chi connectivity index (χ0v) is 10.0. The van der Waals surface area contributed by atoms with Crippen LogP contribution in [0.4, 0.5) is 13.2 Å². The molecule has 1 rings (SSSR count). The van der Waals surface area contributed by atoms with Crippen LogP contribution in [-0.4, -0.2) is 22.9 Å². The minimum absolute atomic E-state index is 0.0356. The van der Waals surface area contributed by atoms with Crippen LogP contribution in [0, 0.1) is 0 Å². The number of hydrogen-bond acceptors (Lipinski definition) is 3. The molecule has 0 aliphatic heterocycles. The standard InChI is InChI=1S/C11H13ClF3NO2/c12-8-2-1-6(11(13,14)15)5-7(8)10(18)9(17)3-4-16/h1-2,5,9-10,17-18H,3-4,16H2. The highest BCUT2D eigenvalue weighted by atomic mass is 35.5. The molecule has 0 saturated carbocycles. The third kappa shape index (κ3) is 3.58. The fraction of sp³-hybridized carbons (Fsp3) is 0.455. The molecule has 0 fully saturated rings. The first kappa shape index (κ1) is 15.2. The summed E-state index contributed by atoms with van der Waals surface area (Å²) in [5.41, 5.74) is 4.11. The Hall–Kier alpha value is -0.820. The summed E-state index contributed by atoms with van der Waals surface area (Å²) in [5, 5.41) is 19.2. The Bertz CT molecular complexity index is 412. The van der Waals surface area contributed by atoms with E-state index in [1.807, 2.05) is 0 Å². The van der Waals surface area contributed by atoms with Gasteiger partial charge < -0.3 is 15.9 Å². The van der Waals surface area contributed by atoms with Gasteiger partial charge in [0, 0.05) is 10.6 Å². The van der Waals surface area contributed by atoms with Crippen LogP contribution in [-0.2, 0) is 6.18 Å². The van der Waals surface area contributed by atoms with E-state index in [0.717, 1.165) is 18.2 Å². The van der Waals surface area contributed by atoms with Gasteiger partial charge in [0.25, 0.3) is 0 Å². The van der Waals surface area contributed by atoms with E-state index >= 15 is 0 Å². The third-order valence-corrected chi connectivity index (χ3v) is 2.81. The molecule has 1 aromatic rings. The van der Waals surface area contributed by atoms with Gasteiger partial charge in [0.15, 0.2) is 0 Å². The van der Waals surface area contributed by atoms with E-state index in [0.29, 0.717) is 0 Å². The summed E-state index contributed by atoms with van der Waals surface area (Å²) in [5.74, 6) is 0. The molecular weight excluding hydrogens is 271 g/mol. The number of halogens is 4. The van der Waals surface area contributed by atoms with E-state index in [1.165, 1.54) is 0 Å². The van der Waals surface area contributed by atoms with Crippen LogP contribution >= 0.6 is 11.6 Å². The van der Waals surface area contributed by atoms with Crippen LogP contribution in [0.15, 0.2) is 18.2 Å². The van der Waals surface area contributed by atoms with Gasteiger partial charge in [-0.05, 0) is 31.2 Å². The van der Waals surface area contributed by atoms with Gasteiger partial charge in [-0.15, -0.1) is 0 Å². The van der Waals surface area contributed by atoms with E-state index in [4.69, 9.17) is 17.3 Å². The first-order chi connectivity index (χ1) is 8.27.